The van der Waals surface area contributed by atoms with Crippen LogP contribution < -0.4 is 4.90 Å². The molecule has 0 aliphatic heterocycles. The van der Waals surface area contributed by atoms with Gasteiger partial charge in [-0.25, -0.2) is 9.37 Å². The number of rotatable bonds is 3. The Kier molecular flexibility index (Phi) is 3.97. The lowest BCUT2D eigenvalue weighted by molar-refractivity contribution is 0.627. The summed E-state index contributed by atoms with van der Waals surface area (Å²) in [5, 5.41) is 0. The topological polar surface area (TPSA) is 16.1 Å². The van der Waals surface area contributed by atoms with Gasteiger partial charge in [0.25, 0.3) is 0 Å². The standard InChI is InChI=1S/C14H14BrFN2/c1-3-18(12-6-4-5-11(16)9-12)14-13(15)10(2)7-8-17-14/h4-9H,3H2,1-2H3. The Morgan fingerprint density at radius 3 is 2.78 bits per heavy atom. The third-order valence-electron chi connectivity index (χ3n) is 2.76. The summed E-state index contributed by atoms with van der Waals surface area (Å²) in [5.41, 5.74) is 1.91. The van der Waals surface area contributed by atoms with Crippen molar-refractivity contribution >= 4 is 27.4 Å². The van der Waals surface area contributed by atoms with Gasteiger partial charge >= 0.3 is 0 Å². The van der Waals surface area contributed by atoms with Gasteiger partial charge in [-0.3, -0.25) is 0 Å². The summed E-state index contributed by atoms with van der Waals surface area (Å²) in [5.74, 6) is 0.567. The zero-order valence-corrected chi connectivity index (χ0v) is 11.9. The van der Waals surface area contributed by atoms with Crippen LogP contribution in [0.3, 0.4) is 0 Å². The monoisotopic (exact) mass is 308 g/mol. The van der Waals surface area contributed by atoms with Crippen LogP contribution in [0.4, 0.5) is 15.9 Å². The minimum Gasteiger partial charge on any atom is -0.326 e. The molecule has 2 aromatic rings. The highest BCUT2D eigenvalue weighted by molar-refractivity contribution is 9.10. The van der Waals surface area contributed by atoms with E-state index in [9.17, 15) is 4.39 Å². The van der Waals surface area contributed by atoms with Crippen molar-refractivity contribution < 1.29 is 4.39 Å². The molecule has 1 heterocycles. The smallest absolute Gasteiger partial charge is 0.147 e. The van der Waals surface area contributed by atoms with Crippen LogP contribution in [0.5, 0.6) is 0 Å². The second-order valence-corrected chi connectivity index (χ2v) is 4.78. The van der Waals surface area contributed by atoms with Crippen LogP contribution in [0.15, 0.2) is 41.0 Å². The van der Waals surface area contributed by atoms with Gasteiger partial charge in [-0.1, -0.05) is 6.07 Å². The van der Waals surface area contributed by atoms with Crippen molar-refractivity contribution in [3.05, 3.63) is 52.4 Å². The van der Waals surface area contributed by atoms with Crippen LogP contribution in [0.1, 0.15) is 12.5 Å². The predicted molar refractivity (Wildman–Crippen MR) is 75.8 cm³/mol. The molecule has 0 unspecified atom stereocenters. The number of halogens is 2. The fraction of sp³-hybridized carbons (Fsp3) is 0.214. The number of hydrogen-bond acceptors (Lipinski definition) is 2. The number of aromatic nitrogens is 1. The van der Waals surface area contributed by atoms with Crippen LogP contribution in [0.25, 0.3) is 0 Å². The Morgan fingerprint density at radius 1 is 1.33 bits per heavy atom. The Bertz CT molecular complexity index is 557. The third kappa shape index (κ3) is 2.53. The fourth-order valence-electron chi connectivity index (χ4n) is 1.81. The predicted octanol–water partition coefficient (Wildman–Crippen LogP) is 4.45. The molecule has 0 bridgehead atoms. The average Bonchev–Trinajstić information content (AvgIpc) is 2.35. The van der Waals surface area contributed by atoms with Crippen LogP contribution >= 0.6 is 15.9 Å². The third-order valence-corrected chi connectivity index (χ3v) is 3.74. The van der Waals surface area contributed by atoms with Gasteiger partial charge in [-0.15, -0.1) is 0 Å². The molecular weight excluding hydrogens is 295 g/mol. The van der Waals surface area contributed by atoms with Gasteiger partial charge in [-0.05, 0) is 59.6 Å². The summed E-state index contributed by atoms with van der Waals surface area (Å²) < 4.78 is 14.2. The molecule has 0 aliphatic rings. The molecule has 2 rings (SSSR count). The molecule has 0 spiro atoms. The van der Waals surface area contributed by atoms with Crippen LogP contribution in [-0.4, -0.2) is 11.5 Å². The number of pyridine rings is 1. The summed E-state index contributed by atoms with van der Waals surface area (Å²) >= 11 is 3.54. The van der Waals surface area contributed by atoms with E-state index in [0.717, 1.165) is 28.1 Å². The zero-order chi connectivity index (χ0) is 13.1. The largest absolute Gasteiger partial charge is 0.326 e. The highest BCUT2D eigenvalue weighted by atomic mass is 79.9. The lowest BCUT2D eigenvalue weighted by Gasteiger charge is -2.23. The Labute approximate surface area is 115 Å². The maximum absolute atomic E-state index is 13.3. The summed E-state index contributed by atoms with van der Waals surface area (Å²) in [6.45, 7) is 4.74. The van der Waals surface area contributed by atoms with E-state index in [-0.39, 0.29) is 5.82 Å². The SMILES string of the molecule is CCN(c1cccc(F)c1)c1nccc(C)c1Br. The minimum absolute atomic E-state index is 0.241. The molecule has 4 heteroatoms. The number of nitrogens with zero attached hydrogens (tertiary/aromatic N) is 2. The molecule has 0 saturated heterocycles. The maximum atomic E-state index is 13.3. The first-order chi connectivity index (χ1) is 8.63. The molecule has 0 saturated carbocycles. The van der Waals surface area contributed by atoms with E-state index in [1.807, 2.05) is 30.9 Å². The van der Waals surface area contributed by atoms with Gasteiger partial charge < -0.3 is 4.90 Å². The first-order valence-electron chi connectivity index (χ1n) is 5.77. The number of hydrogen-bond donors (Lipinski definition) is 0. The Hall–Kier alpha value is -1.42. The van der Waals surface area contributed by atoms with Crippen molar-refractivity contribution in [1.82, 2.24) is 4.98 Å². The average molecular weight is 309 g/mol. The van der Waals surface area contributed by atoms with E-state index in [2.05, 4.69) is 20.9 Å². The zero-order valence-electron chi connectivity index (χ0n) is 10.3. The Morgan fingerprint density at radius 2 is 2.11 bits per heavy atom. The van der Waals surface area contributed by atoms with Crippen molar-refractivity contribution in [2.75, 3.05) is 11.4 Å². The normalized spacial score (nSPS) is 10.4. The van der Waals surface area contributed by atoms with Crippen LogP contribution in [0, 0.1) is 12.7 Å². The quantitative estimate of drug-likeness (QED) is 0.833. The van der Waals surface area contributed by atoms with Crippen molar-refractivity contribution in [3.8, 4) is 0 Å². The second-order valence-electron chi connectivity index (χ2n) is 3.99. The molecule has 0 fully saturated rings. The van der Waals surface area contributed by atoms with E-state index in [1.54, 1.807) is 12.3 Å². The summed E-state index contributed by atoms with van der Waals surface area (Å²) in [6.07, 6.45) is 1.76. The molecule has 2 nitrogen and oxygen atoms in total. The molecule has 1 aromatic carbocycles. The van der Waals surface area contributed by atoms with Crippen molar-refractivity contribution in [2.24, 2.45) is 0 Å². The van der Waals surface area contributed by atoms with E-state index in [4.69, 9.17) is 0 Å². The first kappa shape index (κ1) is 13.0. The molecule has 94 valence electrons. The second kappa shape index (κ2) is 5.48. The lowest BCUT2D eigenvalue weighted by Crippen LogP contribution is -2.18. The van der Waals surface area contributed by atoms with Gasteiger partial charge in [0.2, 0.25) is 0 Å². The number of aryl methyl sites for hydroxylation is 1. The van der Waals surface area contributed by atoms with E-state index in [1.165, 1.54) is 12.1 Å². The van der Waals surface area contributed by atoms with Gasteiger partial charge in [0, 0.05) is 18.4 Å². The van der Waals surface area contributed by atoms with Gasteiger partial charge in [0.15, 0.2) is 0 Å². The highest BCUT2D eigenvalue weighted by Gasteiger charge is 2.13. The molecule has 0 aliphatic carbocycles. The molecule has 0 amide bonds. The van der Waals surface area contributed by atoms with Crippen LogP contribution in [-0.2, 0) is 0 Å². The van der Waals surface area contributed by atoms with Crippen molar-refractivity contribution in [2.45, 2.75) is 13.8 Å². The molecule has 18 heavy (non-hydrogen) atoms. The molecular formula is C14H14BrFN2. The maximum Gasteiger partial charge on any atom is 0.147 e. The highest BCUT2D eigenvalue weighted by Crippen LogP contribution is 2.32. The lowest BCUT2D eigenvalue weighted by atomic mass is 10.2. The van der Waals surface area contributed by atoms with Gasteiger partial charge in [0.1, 0.15) is 11.6 Å². The van der Waals surface area contributed by atoms with Gasteiger partial charge in [0.05, 0.1) is 4.47 Å². The molecule has 1 aromatic heterocycles. The van der Waals surface area contributed by atoms with Crippen molar-refractivity contribution in [1.29, 1.82) is 0 Å². The number of anilines is 2. The summed E-state index contributed by atoms with van der Waals surface area (Å²) in [6, 6.07) is 8.48. The van der Waals surface area contributed by atoms with Crippen LogP contribution in [0.2, 0.25) is 0 Å². The molecule has 0 radical (unpaired) electrons. The van der Waals surface area contributed by atoms with E-state index < -0.39 is 0 Å². The number of benzene rings is 1. The summed E-state index contributed by atoms with van der Waals surface area (Å²) in [7, 11) is 0. The van der Waals surface area contributed by atoms with E-state index >= 15 is 0 Å². The fourth-order valence-corrected chi connectivity index (χ4v) is 2.26. The van der Waals surface area contributed by atoms with E-state index in [0.29, 0.717) is 0 Å². The van der Waals surface area contributed by atoms with Crippen molar-refractivity contribution in [3.63, 3.8) is 0 Å². The first-order valence-corrected chi connectivity index (χ1v) is 6.57. The molecule has 0 N–H and O–H groups in total. The summed E-state index contributed by atoms with van der Waals surface area (Å²) in [4.78, 5) is 6.35. The Balaban J connectivity index is 2.49. The minimum atomic E-state index is -0.241. The van der Waals surface area contributed by atoms with Gasteiger partial charge in [-0.2, -0.15) is 0 Å². The molecule has 0 atom stereocenters.